The zero-order valence-electron chi connectivity index (χ0n) is 6.16. The summed E-state index contributed by atoms with van der Waals surface area (Å²) in [7, 11) is 0. The molecule has 0 aliphatic rings. The minimum Gasteiger partial charge on any atom is -0.460 e. The fourth-order valence-electron chi connectivity index (χ4n) is 0.665. The van der Waals surface area contributed by atoms with Gasteiger partial charge in [-0.3, -0.25) is 0 Å². The Morgan fingerprint density at radius 2 is 2.45 bits per heavy atom. The molecule has 4 heteroatoms. The van der Waals surface area contributed by atoms with Gasteiger partial charge in [-0.1, -0.05) is 0 Å². The molecule has 0 bridgehead atoms. The predicted molar refractivity (Wildman–Crippen MR) is 39.1 cm³/mol. The van der Waals surface area contributed by atoms with E-state index in [1.165, 1.54) is 12.1 Å². The molecule has 60 valence electrons. The van der Waals surface area contributed by atoms with Gasteiger partial charge in [-0.25, -0.2) is 4.79 Å². The quantitative estimate of drug-likeness (QED) is 0.648. The van der Waals surface area contributed by atoms with Crippen molar-refractivity contribution in [1.82, 2.24) is 0 Å². The van der Waals surface area contributed by atoms with E-state index < -0.39 is 5.97 Å². The summed E-state index contributed by atoms with van der Waals surface area (Å²) < 4.78 is 9.45. The SMILES string of the molecule is CCOC(=O)c1ccc(N)o1. The van der Waals surface area contributed by atoms with E-state index >= 15 is 0 Å². The van der Waals surface area contributed by atoms with Crippen LogP contribution in [-0.2, 0) is 4.74 Å². The third-order valence-electron chi connectivity index (χ3n) is 1.10. The molecular weight excluding hydrogens is 146 g/mol. The van der Waals surface area contributed by atoms with Crippen molar-refractivity contribution in [2.45, 2.75) is 6.92 Å². The molecule has 0 atom stereocenters. The largest absolute Gasteiger partial charge is 0.460 e. The van der Waals surface area contributed by atoms with E-state index in [0.29, 0.717) is 6.61 Å². The molecule has 2 N–H and O–H groups in total. The molecule has 0 amide bonds. The summed E-state index contributed by atoms with van der Waals surface area (Å²) in [6.07, 6.45) is 0. The molecule has 11 heavy (non-hydrogen) atoms. The second-order valence-corrected chi connectivity index (χ2v) is 1.92. The smallest absolute Gasteiger partial charge is 0.374 e. The first kappa shape index (κ1) is 7.65. The lowest BCUT2D eigenvalue weighted by Crippen LogP contribution is -2.02. The number of ether oxygens (including phenoxy) is 1. The van der Waals surface area contributed by atoms with Crippen molar-refractivity contribution in [3.8, 4) is 0 Å². The van der Waals surface area contributed by atoms with Crippen LogP contribution in [0.4, 0.5) is 5.88 Å². The van der Waals surface area contributed by atoms with E-state index in [1.807, 2.05) is 0 Å². The number of carbonyl (C=O) groups is 1. The number of furan rings is 1. The molecule has 4 nitrogen and oxygen atoms in total. The fraction of sp³-hybridized carbons (Fsp3) is 0.286. The van der Waals surface area contributed by atoms with Crippen molar-refractivity contribution in [2.75, 3.05) is 12.3 Å². The summed E-state index contributed by atoms with van der Waals surface area (Å²) in [5, 5.41) is 0. The highest BCUT2D eigenvalue weighted by Gasteiger charge is 2.09. The topological polar surface area (TPSA) is 65.5 Å². The van der Waals surface area contributed by atoms with Crippen molar-refractivity contribution in [1.29, 1.82) is 0 Å². The van der Waals surface area contributed by atoms with Gasteiger partial charge in [0.15, 0.2) is 5.88 Å². The van der Waals surface area contributed by atoms with Gasteiger partial charge in [-0.15, -0.1) is 0 Å². The van der Waals surface area contributed by atoms with Crippen molar-refractivity contribution in [3.05, 3.63) is 17.9 Å². The molecule has 0 saturated heterocycles. The van der Waals surface area contributed by atoms with Crippen LogP contribution in [0.5, 0.6) is 0 Å². The van der Waals surface area contributed by atoms with Crippen molar-refractivity contribution >= 4 is 11.9 Å². The first-order valence-corrected chi connectivity index (χ1v) is 3.26. The van der Waals surface area contributed by atoms with E-state index in [2.05, 4.69) is 4.74 Å². The molecule has 0 radical (unpaired) electrons. The number of nitrogens with two attached hydrogens (primary N) is 1. The average molecular weight is 155 g/mol. The molecule has 1 heterocycles. The fourth-order valence-corrected chi connectivity index (χ4v) is 0.665. The summed E-state index contributed by atoms with van der Waals surface area (Å²) in [5.74, 6) is -0.124. The van der Waals surface area contributed by atoms with Crippen LogP contribution >= 0.6 is 0 Å². The molecule has 0 fully saturated rings. The lowest BCUT2D eigenvalue weighted by atomic mass is 10.4. The lowest BCUT2D eigenvalue weighted by molar-refractivity contribution is 0.0491. The maximum Gasteiger partial charge on any atom is 0.374 e. The van der Waals surface area contributed by atoms with E-state index in [9.17, 15) is 4.79 Å². The van der Waals surface area contributed by atoms with Crippen LogP contribution in [0.1, 0.15) is 17.5 Å². The van der Waals surface area contributed by atoms with Gasteiger partial charge < -0.3 is 14.9 Å². The van der Waals surface area contributed by atoms with E-state index in [1.54, 1.807) is 6.92 Å². The molecule has 0 aliphatic carbocycles. The summed E-state index contributed by atoms with van der Waals surface area (Å²) in [4.78, 5) is 10.9. The third-order valence-corrected chi connectivity index (χ3v) is 1.10. The highest BCUT2D eigenvalue weighted by molar-refractivity contribution is 5.86. The van der Waals surface area contributed by atoms with Gasteiger partial charge in [-0.05, 0) is 13.0 Å². The first-order chi connectivity index (χ1) is 5.24. The minimum atomic E-state index is -0.482. The molecular formula is C7H9NO3. The van der Waals surface area contributed by atoms with Crippen LogP contribution in [0.25, 0.3) is 0 Å². The zero-order chi connectivity index (χ0) is 8.27. The Kier molecular flexibility index (Phi) is 2.15. The maximum absolute atomic E-state index is 10.9. The van der Waals surface area contributed by atoms with Gasteiger partial charge in [0.1, 0.15) is 0 Å². The first-order valence-electron chi connectivity index (χ1n) is 3.26. The number of hydrogen-bond acceptors (Lipinski definition) is 4. The second-order valence-electron chi connectivity index (χ2n) is 1.92. The number of carbonyl (C=O) groups excluding carboxylic acids is 1. The van der Waals surface area contributed by atoms with Crippen molar-refractivity contribution in [3.63, 3.8) is 0 Å². The Labute approximate surface area is 63.9 Å². The Hall–Kier alpha value is -1.45. The van der Waals surface area contributed by atoms with E-state index in [0.717, 1.165) is 0 Å². The van der Waals surface area contributed by atoms with Crippen LogP contribution in [0.3, 0.4) is 0 Å². The Morgan fingerprint density at radius 1 is 1.73 bits per heavy atom. The third kappa shape index (κ3) is 1.73. The molecule has 0 aliphatic heterocycles. The maximum atomic E-state index is 10.9. The van der Waals surface area contributed by atoms with E-state index in [-0.39, 0.29) is 11.6 Å². The van der Waals surface area contributed by atoms with Crippen molar-refractivity contribution < 1.29 is 13.9 Å². The predicted octanol–water partition coefficient (Wildman–Crippen LogP) is 1.04. The number of esters is 1. The number of hydrogen-bond donors (Lipinski definition) is 1. The number of anilines is 1. The molecule has 0 unspecified atom stereocenters. The van der Waals surface area contributed by atoms with Gasteiger partial charge in [0.25, 0.3) is 0 Å². The highest BCUT2D eigenvalue weighted by atomic mass is 16.5. The summed E-state index contributed by atoms with van der Waals surface area (Å²) in [6.45, 7) is 2.06. The standard InChI is InChI=1S/C7H9NO3/c1-2-10-7(9)5-3-4-6(8)11-5/h3-4H,2,8H2,1H3. The lowest BCUT2D eigenvalue weighted by Gasteiger charge is -1.95. The minimum absolute atomic E-state index is 0.143. The van der Waals surface area contributed by atoms with Gasteiger partial charge in [0, 0.05) is 6.07 Å². The Balaban J connectivity index is 2.69. The Bertz CT molecular complexity index is 254. The van der Waals surface area contributed by atoms with Crippen LogP contribution in [0, 0.1) is 0 Å². The Morgan fingerprint density at radius 3 is 2.91 bits per heavy atom. The van der Waals surface area contributed by atoms with E-state index in [4.69, 9.17) is 10.2 Å². The monoisotopic (exact) mass is 155 g/mol. The average Bonchev–Trinajstić information content (AvgIpc) is 2.36. The second kappa shape index (κ2) is 3.09. The van der Waals surface area contributed by atoms with Crippen LogP contribution in [-0.4, -0.2) is 12.6 Å². The van der Waals surface area contributed by atoms with Gasteiger partial charge in [0.2, 0.25) is 5.76 Å². The molecule has 0 saturated carbocycles. The normalized spacial score (nSPS) is 9.55. The highest BCUT2D eigenvalue weighted by Crippen LogP contribution is 2.09. The molecule has 0 aromatic carbocycles. The summed E-state index contributed by atoms with van der Waals surface area (Å²) >= 11 is 0. The molecule has 1 aromatic heterocycles. The molecule has 1 aromatic rings. The van der Waals surface area contributed by atoms with Gasteiger partial charge in [-0.2, -0.15) is 0 Å². The van der Waals surface area contributed by atoms with Crippen LogP contribution in [0.15, 0.2) is 16.5 Å². The number of nitrogen functional groups attached to an aromatic ring is 1. The van der Waals surface area contributed by atoms with Crippen molar-refractivity contribution in [2.24, 2.45) is 0 Å². The van der Waals surface area contributed by atoms with Crippen LogP contribution < -0.4 is 5.73 Å². The van der Waals surface area contributed by atoms with Gasteiger partial charge in [0.05, 0.1) is 6.61 Å². The van der Waals surface area contributed by atoms with Crippen LogP contribution in [0.2, 0.25) is 0 Å². The summed E-state index contributed by atoms with van der Waals surface area (Å²) in [5.41, 5.74) is 5.24. The zero-order valence-corrected chi connectivity index (χ0v) is 6.16. The number of rotatable bonds is 2. The summed E-state index contributed by atoms with van der Waals surface area (Å²) in [6, 6.07) is 2.99. The van der Waals surface area contributed by atoms with Gasteiger partial charge >= 0.3 is 5.97 Å². The molecule has 1 rings (SSSR count). The molecule has 0 spiro atoms.